The maximum atomic E-state index is 9.08. The highest BCUT2D eigenvalue weighted by Crippen LogP contribution is 1.95. The maximum absolute atomic E-state index is 9.08. The Bertz CT molecular complexity index is 113. The van der Waals surface area contributed by atoms with E-state index < -0.39 is 0 Å². The third-order valence-electron chi connectivity index (χ3n) is 2.12. The van der Waals surface area contributed by atoms with Crippen LogP contribution in [0.3, 0.4) is 0 Å². The molecule has 0 unspecified atom stereocenters. The number of unbranched alkanes of at least 4 members (excludes halogenated alkanes) is 1. The van der Waals surface area contributed by atoms with E-state index in [2.05, 4.69) is 17.4 Å². The predicted molar refractivity (Wildman–Crippen MR) is 47.8 cm³/mol. The second-order valence-corrected chi connectivity index (χ2v) is 3.20. The highest BCUT2D eigenvalue weighted by molar-refractivity contribution is 4.62. The first kappa shape index (κ1) is 9.92. The number of rotatable bonds is 4. The van der Waals surface area contributed by atoms with E-state index in [0.29, 0.717) is 0 Å². The number of hydrazine groups is 1. The molecule has 4 heteroatoms. The van der Waals surface area contributed by atoms with Gasteiger partial charge in [-0.1, -0.05) is 13.3 Å². The Morgan fingerprint density at radius 1 is 1.25 bits per heavy atom. The van der Waals surface area contributed by atoms with Crippen molar-refractivity contribution in [2.75, 3.05) is 32.7 Å². The molecular formula is C8H19N3O. The van der Waals surface area contributed by atoms with Crippen LogP contribution in [0.5, 0.6) is 0 Å². The first-order valence-electron chi connectivity index (χ1n) is 4.75. The zero-order chi connectivity index (χ0) is 8.81. The quantitative estimate of drug-likeness (QED) is 0.600. The average Bonchev–Trinajstić information content (AvgIpc) is 2.09. The van der Waals surface area contributed by atoms with E-state index in [0.717, 1.165) is 32.7 Å². The molecule has 1 aliphatic rings. The van der Waals surface area contributed by atoms with Crippen molar-refractivity contribution in [2.24, 2.45) is 0 Å². The van der Waals surface area contributed by atoms with Crippen molar-refractivity contribution < 1.29 is 5.21 Å². The van der Waals surface area contributed by atoms with Crippen LogP contribution in [-0.4, -0.2) is 48.0 Å². The molecule has 0 saturated carbocycles. The van der Waals surface area contributed by atoms with Gasteiger partial charge in [0.05, 0.1) is 0 Å². The number of nitrogens with one attached hydrogen (secondary N) is 1. The summed E-state index contributed by atoms with van der Waals surface area (Å²) in [4.78, 5) is 0. The third kappa shape index (κ3) is 3.49. The molecule has 0 aromatic carbocycles. The maximum Gasteiger partial charge on any atom is 0.0380 e. The van der Waals surface area contributed by atoms with Crippen molar-refractivity contribution in [2.45, 2.75) is 19.8 Å². The van der Waals surface area contributed by atoms with E-state index >= 15 is 0 Å². The summed E-state index contributed by atoms with van der Waals surface area (Å²) in [5.41, 5.74) is 3.34. The molecule has 0 spiro atoms. The first-order valence-corrected chi connectivity index (χ1v) is 4.75. The van der Waals surface area contributed by atoms with E-state index in [-0.39, 0.29) is 0 Å². The molecule has 0 aromatic rings. The molecule has 2 N–H and O–H groups in total. The van der Waals surface area contributed by atoms with Gasteiger partial charge in [-0.3, -0.25) is 5.43 Å². The van der Waals surface area contributed by atoms with Gasteiger partial charge in [0.1, 0.15) is 0 Å². The van der Waals surface area contributed by atoms with Gasteiger partial charge in [-0.25, -0.2) is 5.01 Å². The van der Waals surface area contributed by atoms with Gasteiger partial charge in [0.25, 0.3) is 0 Å². The monoisotopic (exact) mass is 173 g/mol. The van der Waals surface area contributed by atoms with Gasteiger partial charge in [0, 0.05) is 32.7 Å². The van der Waals surface area contributed by atoms with Gasteiger partial charge < -0.3 is 5.21 Å². The summed E-state index contributed by atoms with van der Waals surface area (Å²) >= 11 is 0. The third-order valence-corrected chi connectivity index (χ3v) is 2.12. The number of nitrogens with zero attached hydrogens (tertiary/aromatic N) is 2. The lowest BCUT2D eigenvalue weighted by atomic mass is 10.3. The summed E-state index contributed by atoms with van der Waals surface area (Å²) < 4.78 is 0. The Morgan fingerprint density at radius 2 is 1.92 bits per heavy atom. The van der Waals surface area contributed by atoms with E-state index in [4.69, 9.17) is 5.21 Å². The number of hydrogen-bond donors (Lipinski definition) is 2. The molecule has 1 heterocycles. The van der Waals surface area contributed by atoms with Crippen molar-refractivity contribution in [3.05, 3.63) is 0 Å². The lowest BCUT2D eigenvalue weighted by molar-refractivity contribution is -0.123. The molecule has 72 valence electrons. The highest BCUT2D eigenvalue weighted by atomic mass is 16.5. The van der Waals surface area contributed by atoms with Gasteiger partial charge in [-0.2, -0.15) is 5.06 Å². The SMILES string of the molecule is CCCCNN1CCN(O)CC1. The molecule has 0 aliphatic carbocycles. The van der Waals surface area contributed by atoms with E-state index in [9.17, 15) is 0 Å². The predicted octanol–water partition coefficient (Wildman–Crippen LogP) is 0.298. The molecule has 0 bridgehead atoms. The standard InChI is InChI=1S/C8H19N3O/c1-2-3-4-9-10-5-7-11(12)8-6-10/h9,12H,2-8H2,1H3. The van der Waals surface area contributed by atoms with Crippen molar-refractivity contribution in [3.63, 3.8) is 0 Å². The van der Waals surface area contributed by atoms with Crippen LogP contribution in [0.25, 0.3) is 0 Å². The molecular weight excluding hydrogens is 154 g/mol. The number of hydrogen-bond acceptors (Lipinski definition) is 4. The number of piperazine rings is 1. The lowest BCUT2D eigenvalue weighted by Gasteiger charge is -2.31. The zero-order valence-corrected chi connectivity index (χ0v) is 7.79. The molecule has 0 radical (unpaired) electrons. The Hall–Kier alpha value is -0.160. The Labute approximate surface area is 74.1 Å². The van der Waals surface area contributed by atoms with E-state index in [1.165, 1.54) is 17.9 Å². The number of hydroxylamine groups is 2. The van der Waals surface area contributed by atoms with E-state index in [1.807, 2.05) is 0 Å². The van der Waals surface area contributed by atoms with Crippen LogP contribution < -0.4 is 5.43 Å². The Kier molecular flexibility index (Phi) is 4.53. The molecule has 0 aromatic heterocycles. The summed E-state index contributed by atoms with van der Waals surface area (Å²) in [6, 6.07) is 0. The fourth-order valence-electron chi connectivity index (χ4n) is 1.27. The summed E-state index contributed by atoms with van der Waals surface area (Å²) in [6.07, 6.45) is 2.45. The van der Waals surface area contributed by atoms with Gasteiger partial charge >= 0.3 is 0 Å². The second kappa shape index (κ2) is 5.48. The Morgan fingerprint density at radius 3 is 2.50 bits per heavy atom. The van der Waals surface area contributed by atoms with Crippen LogP contribution in [0, 0.1) is 0 Å². The minimum Gasteiger partial charge on any atom is -0.314 e. The van der Waals surface area contributed by atoms with Crippen LogP contribution in [0.1, 0.15) is 19.8 Å². The van der Waals surface area contributed by atoms with Gasteiger partial charge in [-0.15, -0.1) is 0 Å². The van der Waals surface area contributed by atoms with Crippen LogP contribution in [-0.2, 0) is 0 Å². The molecule has 1 aliphatic heterocycles. The Balaban J connectivity index is 2.01. The molecule has 4 nitrogen and oxygen atoms in total. The molecule has 1 fully saturated rings. The fourth-order valence-corrected chi connectivity index (χ4v) is 1.27. The fraction of sp³-hybridized carbons (Fsp3) is 1.00. The van der Waals surface area contributed by atoms with Crippen LogP contribution in [0.15, 0.2) is 0 Å². The second-order valence-electron chi connectivity index (χ2n) is 3.20. The van der Waals surface area contributed by atoms with Crippen LogP contribution in [0.4, 0.5) is 0 Å². The molecule has 0 amide bonds. The summed E-state index contributed by atoms with van der Waals surface area (Å²) in [6.45, 7) is 6.58. The molecule has 12 heavy (non-hydrogen) atoms. The molecule has 1 saturated heterocycles. The molecule has 1 rings (SSSR count). The van der Waals surface area contributed by atoms with Crippen molar-refractivity contribution in [1.82, 2.24) is 15.5 Å². The van der Waals surface area contributed by atoms with Crippen molar-refractivity contribution in [1.29, 1.82) is 0 Å². The molecule has 0 atom stereocenters. The topological polar surface area (TPSA) is 38.7 Å². The minimum absolute atomic E-state index is 0.749. The first-order chi connectivity index (χ1) is 5.83. The van der Waals surface area contributed by atoms with Gasteiger partial charge in [0.15, 0.2) is 0 Å². The normalized spacial score (nSPS) is 21.5. The summed E-state index contributed by atoms with van der Waals surface area (Å²) in [5.74, 6) is 0. The van der Waals surface area contributed by atoms with Crippen molar-refractivity contribution in [3.8, 4) is 0 Å². The van der Waals surface area contributed by atoms with Gasteiger partial charge in [-0.05, 0) is 6.42 Å². The highest BCUT2D eigenvalue weighted by Gasteiger charge is 2.13. The van der Waals surface area contributed by atoms with Gasteiger partial charge in [0.2, 0.25) is 0 Å². The minimum atomic E-state index is 0.749. The smallest absolute Gasteiger partial charge is 0.0380 e. The van der Waals surface area contributed by atoms with Crippen molar-refractivity contribution >= 4 is 0 Å². The lowest BCUT2D eigenvalue weighted by Crippen LogP contribution is -2.51. The van der Waals surface area contributed by atoms with E-state index in [1.54, 1.807) is 0 Å². The van der Waals surface area contributed by atoms with Crippen LogP contribution >= 0.6 is 0 Å². The summed E-state index contributed by atoms with van der Waals surface area (Å²) in [7, 11) is 0. The average molecular weight is 173 g/mol. The zero-order valence-electron chi connectivity index (χ0n) is 7.79. The van der Waals surface area contributed by atoms with Crippen LogP contribution in [0.2, 0.25) is 0 Å². The summed E-state index contributed by atoms with van der Waals surface area (Å²) in [5, 5.41) is 12.6. The largest absolute Gasteiger partial charge is 0.314 e.